The van der Waals surface area contributed by atoms with Gasteiger partial charge in [0.05, 0.1) is 5.56 Å². The summed E-state index contributed by atoms with van der Waals surface area (Å²) in [4.78, 5) is 11.9. The fraction of sp³-hybridized carbons (Fsp3) is 0.364. The molecular weight excluding hydrogens is 369 g/mol. The molecule has 0 bridgehead atoms. The fourth-order valence-electron chi connectivity index (χ4n) is 1.08. The van der Waals surface area contributed by atoms with Crippen LogP contribution in [-0.4, -0.2) is 11.9 Å². The molecule has 1 atom stereocenters. The summed E-state index contributed by atoms with van der Waals surface area (Å²) < 4.78 is 1.90. The third kappa shape index (κ3) is 3.75. The fourth-order valence-corrected chi connectivity index (χ4v) is 2.02. The minimum atomic E-state index is -0.00458. The van der Waals surface area contributed by atoms with Crippen LogP contribution in [0.4, 0.5) is 0 Å². The first kappa shape index (κ1) is 13.0. The average Bonchev–Trinajstić information content (AvgIpc) is 2.21. The summed E-state index contributed by atoms with van der Waals surface area (Å²) in [7, 11) is 0. The Kier molecular flexibility index (Phi) is 5.05. The molecule has 0 fully saturated rings. The van der Waals surface area contributed by atoms with E-state index in [0.717, 1.165) is 20.0 Å². The highest BCUT2D eigenvalue weighted by atomic mass is 127. The molecule has 0 spiro atoms. The first-order valence-electron chi connectivity index (χ1n) is 4.80. The number of halogens is 2. The van der Waals surface area contributed by atoms with Crippen molar-refractivity contribution < 1.29 is 4.79 Å². The Bertz CT molecular complexity index is 368. The molecule has 1 aromatic rings. The Morgan fingerprint density at radius 3 is 2.87 bits per heavy atom. The lowest BCUT2D eigenvalue weighted by atomic mass is 10.2. The van der Waals surface area contributed by atoms with Crippen LogP contribution < -0.4 is 5.32 Å². The molecule has 0 aliphatic rings. The van der Waals surface area contributed by atoms with Gasteiger partial charge in [0.2, 0.25) is 0 Å². The number of carbonyl (C=O) groups excluding carboxylic acids is 1. The van der Waals surface area contributed by atoms with E-state index >= 15 is 0 Å². The molecule has 0 saturated heterocycles. The van der Waals surface area contributed by atoms with Gasteiger partial charge in [-0.2, -0.15) is 0 Å². The molecule has 2 nitrogen and oxygen atoms in total. The summed E-state index contributed by atoms with van der Waals surface area (Å²) in [5.41, 5.74) is 0.727. The zero-order chi connectivity index (χ0) is 11.4. The van der Waals surface area contributed by atoms with Gasteiger partial charge >= 0.3 is 0 Å². The highest BCUT2D eigenvalue weighted by Crippen LogP contribution is 2.18. The molecule has 0 saturated carbocycles. The third-order valence-electron chi connectivity index (χ3n) is 2.16. The second-order valence-electron chi connectivity index (χ2n) is 3.41. The Morgan fingerprint density at radius 2 is 2.27 bits per heavy atom. The van der Waals surface area contributed by atoms with Gasteiger partial charge in [0.25, 0.3) is 5.91 Å². The van der Waals surface area contributed by atoms with Crippen molar-refractivity contribution in [3.05, 3.63) is 31.8 Å². The van der Waals surface area contributed by atoms with Gasteiger partial charge in [0, 0.05) is 14.1 Å². The van der Waals surface area contributed by atoms with Crippen LogP contribution in [0.15, 0.2) is 22.7 Å². The van der Waals surface area contributed by atoms with E-state index in [4.69, 9.17) is 0 Å². The molecule has 0 aliphatic heterocycles. The van der Waals surface area contributed by atoms with Gasteiger partial charge in [-0.3, -0.25) is 4.79 Å². The second kappa shape index (κ2) is 5.84. The zero-order valence-electron chi connectivity index (χ0n) is 8.68. The lowest BCUT2D eigenvalue weighted by Crippen LogP contribution is -2.32. The van der Waals surface area contributed by atoms with E-state index in [-0.39, 0.29) is 11.9 Å². The van der Waals surface area contributed by atoms with Crippen molar-refractivity contribution in [2.75, 3.05) is 0 Å². The van der Waals surface area contributed by atoms with Gasteiger partial charge in [-0.15, -0.1) is 0 Å². The lowest BCUT2D eigenvalue weighted by molar-refractivity contribution is 0.0938. The largest absolute Gasteiger partial charge is 0.350 e. The normalized spacial score (nSPS) is 12.3. The summed E-state index contributed by atoms with van der Waals surface area (Å²) in [5, 5.41) is 2.95. The van der Waals surface area contributed by atoms with Crippen LogP contribution in [0.1, 0.15) is 30.6 Å². The maximum Gasteiger partial charge on any atom is 0.252 e. The predicted octanol–water partition coefficient (Wildman–Crippen LogP) is 3.58. The van der Waals surface area contributed by atoms with Gasteiger partial charge in [-0.1, -0.05) is 22.9 Å². The van der Waals surface area contributed by atoms with Crippen LogP contribution in [-0.2, 0) is 0 Å². The maximum atomic E-state index is 11.9. The number of amides is 1. The Hall–Kier alpha value is -0.100. The van der Waals surface area contributed by atoms with Crippen molar-refractivity contribution in [3.8, 4) is 0 Å². The summed E-state index contributed by atoms with van der Waals surface area (Å²) in [5.74, 6) is -0.00458. The van der Waals surface area contributed by atoms with Gasteiger partial charge in [-0.05, 0) is 54.1 Å². The first-order chi connectivity index (χ1) is 7.04. The average molecular weight is 382 g/mol. The molecule has 1 amide bonds. The summed E-state index contributed by atoms with van der Waals surface area (Å²) in [6, 6.07) is 5.92. The van der Waals surface area contributed by atoms with E-state index in [1.54, 1.807) is 0 Å². The molecule has 15 heavy (non-hydrogen) atoms. The minimum absolute atomic E-state index is 0.00458. The Labute approximate surface area is 112 Å². The highest BCUT2D eigenvalue weighted by Gasteiger charge is 2.11. The standard InChI is InChI=1S/C11H13BrINO/c1-3-7(2)14-11(15)9-6-8(12)4-5-10(9)13/h4-7H,3H2,1-2H3,(H,14,15)/t7-/m0/s1. The van der Waals surface area contributed by atoms with Crippen LogP contribution >= 0.6 is 38.5 Å². The van der Waals surface area contributed by atoms with Crippen molar-refractivity contribution >= 4 is 44.4 Å². The molecule has 0 aliphatic carbocycles. The topological polar surface area (TPSA) is 29.1 Å². The highest BCUT2D eigenvalue weighted by molar-refractivity contribution is 14.1. The predicted molar refractivity (Wildman–Crippen MR) is 74.1 cm³/mol. The maximum absolute atomic E-state index is 11.9. The van der Waals surface area contributed by atoms with Gasteiger partial charge < -0.3 is 5.32 Å². The number of rotatable bonds is 3. The van der Waals surface area contributed by atoms with E-state index in [9.17, 15) is 4.79 Å². The number of benzene rings is 1. The summed E-state index contributed by atoms with van der Waals surface area (Å²) >= 11 is 5.53. The summed E-state index contributed by atoms with van der Waals surface area (Å²) in [6.45, 7) is 4.06. The molecule has 0 heterocycles. The van der Waals surface area contributed by atoms with Crippen molar-refractivity contribution in [3.63, 3.8) is 0 Å². The Balaban J connectivity index is 2.86. The Morgan fingerprint density at radius 1 is 1.60 bits per heavy atom. The van der Waals surface area contributed by atoms with E-state index in [2.05, 4.69) is 50.8 Å². The SMILES string of the molecule is CC[C@H](C)NC(=O)c1cc(Br)ccc1I. The van der Waals surface area contributed by atoms with E-state index in [1.807, 2.05) is 25.1 Å². The molecular formula is C11H13BrINO. The number of hydrogen-bond donors (Lipinski definition) is 1. The molecule has 1 rings (SSSR count). The molecule has 4 heteroatoms. The molecule has 1 aromatic carbocycles. The van der Waals surface area contributed by atoms with Gasteiger partial charge in [-0.25, -0.2) is 0 Å². The van der Waals surface area contributed by atoms with Crippen LogP contribution in [0.2, 0.25) is 0 Å². The van der Waals surface area contributed by atoms with Crippen molar-refractivity contribution in [1.29, 1.82) is 0 Å². The van der Waals surface area contributed by atoms with Gasteiger partial charge in [0.15, 0.2) is 0 Å². The van der Waals surface area contributed by atoms with Crippen LogP contribution in [0.25, 0.3) is 0 Å². The lowest BCUT2D eigenvalue weighted by Gasteiger charge is -2.12. The second-order valence-corrected chi connectivity index (χ2v) is 5.48. The van der Waals surface area contributed by atoms with Crippen molar-refractivity contribution in [2.24, 2.45) is 0 Å². The van der Waals surface area contributed by atoms with E-state index < -0.39 is 0 Å². The van der Waals surface area contributed by atoms with E-state index in [0.29, 0.717) is 0 Å². The van der Waals surface area contributed by atoms with Crippen LogP contribution in [0.5, 0.6) is 0 Å². The molecule has 0 aromatic heterocycles. The van der Waals surface area contributed by atoms with E-state index in [1.165, 1.54) is 0 Å². The molecule has 82 valence electrons. The number of nitrogens with one attached hydrogen (secondary N) is 1. The monoisotopic (exact) mass is 381 g/mol. The van der Waals surface area contributed by atoms with Crippen LogP contribution in [0.3, 0.4) is 0 Å². The van der Waals surface area contributed by atoms with Crippen LogP contribution in [0, 0.1) is 3.57 Å². The van der Waals surface area contributed by atoms with Gasteiger partial charge in [0.1, 0.15) is 0 Å². The minimum Gasteiger partial charge on any atom is -0.350 e. The summed E-state index contributed by atoms with van der Waals surface area (Å²) in [6.07, 6.45) is 0.941. The van der Waals surface area contributed by atoms with Crippen molar-refractivity contribution in [2.45, 2.75) is 26.3 Å². The third-order valence-corrected chi connectivity index (χ3v) is 3.60. The molecule has 1 N–H and O–H groups in total. The smallest absolute Gasteiger partial charge is 0.252 e. The van der Waals surface area contributed by atoms with Crippen molar-refractivity contribution in [1.82, 2.24) is 5.32 Å². The first-order valence-corrected chi connectivity index (χ1v) is 6.67. The number of carbonyl (C=O) groups is 1. The number of hydrogen-bond acceptors (Lipinski definition) is 1. The zero-order valence-corrected chi connectivity index (χ0v) is 12.4. The molecule has 0 unspecified atom stereocenters. The molecule has 0 radical (unpaired) electrons. The quantitative estimate of drug-likeness (QED) is 0.796.